The maximum absolute atomic E-state index is 12.3. The summed E-state index contributed by atoms with van der Waals surface area (Å²) in [6, 6.07) is 3.52. The van der Waals surface area contributed by atoms with Gasteiger partial charge < -0.3 is 5.73 Å². The normalized spacial score (nSPS) is 16.0. The first-order chi connectivity index (χ1) is 8.05. The van der Waals surface area contributed by atoms with E-state index in [1.807, 2.05) is 6.07 Å². The van der Waals surface area contributed by atoms with Crippen molar-refractivity contribution in [3.05, 3.63) is 11.4 Å². The summed E-state index contributed by atoms with van der Waals surface area (Å²) in [5.41, 5.74) is 6.00. The Bertz CT molecular complexity index is 540. The van der Waals surface area contributed by atoms with Crippen molar-refractivity contribution in [2.45, 2.75) is 29.5 Å². The third-order valence-electron chi connectivity index (χ3n) is 2.56. The molecule has 1 saturated carbocycles. The van der Waals surface area contributed by atoms with Crippen LogP contribution in [0.5, 0.6) is 0 Å². The van der Waals surface area contributed by atoms with Crippen LogP contribution in [0.2, 0.25) is 0 Å². The smallest absolute Gasteiger partial charge is 0.252 e. The Kier molecular flexibility index (Phi) is 3.38. The van der Waals surface area contributed by atoms with Crippen molar-refractivity contribution in [1.29, 1.82) is 5.26 Å². The molecule has 0 spiro atoms. The molecule has 0 aromatic carbocycles. The van der Waals surface area contributed by atoms with Crippen molar-refractivity contribution in [1.82, 2.24) is 4.31 Å². The van der Waals surface area contributed by atoms with Crippen molar-refractivity contribution in [3.8, 4) is 6.07 Å². The maximum atomic E-state index is 12.3. The lowest BCUT2D eigenvalue weighted by Crippen LogP contribution is -2.33. The summed E-state index contributed by atoms with van der Waals surface area (Å²) in [6.07, 6.45) is 1.98. The van der Waals surface area contributed by atoms with Crippen LogP contribution in [-0.2, 0) is 10.0 Å². The molecule has 7 heteroatoms. The first kappa shape index (κ1) is 12.4. The fourth-order valence-electron chi connectivity index (χ4n) is 1.60. The van der Waals surface area contributed by atoms with Gasteiger partial charge in [-0.25, -0.2) is 8.42 Å². The van der Waals surface area contributed by atoms with Crippen LogP contribution in [0.4, 0.5) is 5.69 Å². The molecule has 1 heterocycles. The van der Waals surface area contributed by atoms with Crippen LogP contribution in [0.25, 0.3) is 0 Å². The Labute approximate surface area is 105 Å². The second-order valence-corrected chi connectivity index (χ2v) is 6.98. The number of nitriles is 1. The lowest BCUT2D eigenvalue weighted by atomic mass is 10.4. The number of nitrogen functional groups attached to an aromatic ring is 1. The first-order valence-electron chi connectivity index (χ1n) is 5.28. The molecule has 5 nitrogen and oxygen atoms in total. The summed E-state index contributed by atoms with van der Waals surface area (Å²) >= 11 is 1.13. The van der Waals surface area contributed by atoms with Crippen LogP contribution >= 0.6 is 11.3 Å². The van der Waals surface area contributed by atoms with Gasteiger partial charge in [-0.2, -0.15) is 9.57 Å². The van der Waals surface area contributed by atoms with E-state index in [4.69, 9.17) is 11.0 Å². The highest BCUT2D eigenvalue weighted by atomic mass is 32.2. The topological polar surface area (TPSA) is 87.2 Å². The van der Waals surface area contributed by atoms with Gasteiger partial charge in [0, 0.05) is 30.1 Å². The SMILES string of the molecule is N#CCCN(C1CC1)S(=O)(=O)c1cc(N)cs1. The average molecular weight is 271 g/mol. The van der Waals surface area contributed by atoms with E-state index in [1.165, 1.54) is 10.4 Å². The first-order valence-corrected chi connectivity index (χ1v) is 7.60. The minimum Gasteiger partial charge on any atom is -0.398 e. The summed E-state index contributed by atoms with van der Waals surface area (Å²) in [5, 5.41) is 10.2. The third kappa shape index (κ3) is 2.60. The van der Waals surface area contributed by atoms with Crippen LogP contribution in [0, 0.1) is 11.3 Å². The second-order valence-electron chi connectivity index (χ2n) is 3.95. The Morgan fingerprint density at radius 2 is 2.29 bits per heavy atom. The van der Waals surface area contributed by atoms with Crippen molar-refractivity contribution >= 4 is 27.0 Å². The zero-order chi connectivity index (χ0) is 12.5. The fraction of sp³-hybridized carbons (Fsp3) is 0.500. The molecular formula is C10H13N3O2S2. The van der Waals surface area contributed by atoms with Gasteiger partial charge in [0.2, 0.25) is 0 Å². The van der Waals surface area contributed by atoms with E-state index in [9.17, 15) is 8.42 Å². The Hall–Kier alpha value is -1.10. The van der Waals surface area contributed by atoms with Gasteiger partial charge in [-0.05, 0) is 18.9 Å². The summed E-state index contributed by atoms with van der Waals surface area (Å²) < 4.78 is 26.3. The molecule has 1 aromatic rings. The summed E-state index contributed by atoms with van der Waals surface area (Å²) in [6.45, 7) is 0.265. The molecule has 17 heavy (non-hydrogen) atoms. The van der Waals surface area contributed by atoms with Gasteiger partial charge in [0.05, 0.1) is 6.07 Å². The highest BCUT2D eigenvalue weighted by Gasteiger charge is 2.38. The van der Waals surface area contributed by atoms with Crippen molar-refractivity contribution in [2.24, 2.45) is 0 Å². The van der Waals surface area contributed by atoms with Crippen molar-refractivity contribution in [2.75, 3.05) is 12.3 Å². The number of hydrogen-bond acceptors (Lipinski definition) is 5. The van der Waals surface area contributed by atoms with Crippen LogP contribution < -0.4 is 5.73 Å². The molecule has 0 atom stereocenters. The summed E-state index contributed by atoms with van der Waals surface area (Å²) in [4.78, 5) is 0. The third-order valence-corrected chi connectivity index (χ3v) is 5.94. The van der Waals surface area contributed by atoms with E-state index >= 15 is 0 Å². The van der Waals surface area contributed by atoms with Gasteiger partial charge in [0.15, 0.2) is 0 Å². The minimum atomic E-state index is -3.47. The minimum absolute atomic E-state index is 0.0664. The largest absolute Gasteiger partial charge is 0.398 e. The number of sulfonamides is 1. The molecule has 1 fully saturated rings. The highest BCUT2D eigenvalue weighted by Crippen LogP contribution is 2.34. The zero-order valence-corrected chi connectivity index (χ0v) is 10.8. The molecule has 0 amide bonds. The van der Waals surface area contributed by atoms with Gasteiger partial charge in [0.1, 0.15) is 4.21 Å². The van der Waals surface area contributed by atoms with Crippen LogP contribution in [0.1, 0.15) is 19.3 Å². The molecule has 0 aliphatic heterocycles. The Morgan fingerprint density at radius 1 is 1.59 bits per heavy atom. The number of nitrogens with zero attached hydrogens (tertiary/aromatic N) is 2. The Morgan fingerprint density at radius 3 is 2.76 bits per heavy atom. The molecule has 92 valence electrons. The zero-order valence-electron chi connectivity index (χ0n) is 9.17. The molecule has 0 bridgehead atoms. The molecule has 1 aliphatic rings. The molecule has 0 saturated heterocycles. The van der Waals surface area contributed by atoms with Gasteiger partial charge in [-0.1, -0.05) is 0 Å². The molecule has 0 unspecified atom stereocenters. The van der Waals surface area contributed by atoms with Crippen LogP contribution in [0.3, 0.4) is 0 Å². The molecular weight excluding hydrogens is 258 g/mol. The van der Waals surface area contributed by atoms with E-state index in [-0.39, 0.29) is 23.2 Å². The standard InChI is InChI=1S/C10H13N3O2S2/c11-4-1-5-13(9-2-3-9)17(14,15)10-6-8(12)7-16-10/h6-7,9H,1-3,5,12H2. The van der Waals surface area contributed by atoms with Gasteiger partial charge in [-0.15, -0.1) is 11.3 Å². The molecule has 2 rings (SSSR count). The van der Waals surface area contributed by atoms with Crippen LogP contribution in [-0.4, -0.2) is 25.3 Å². The monoisotopic (exact) mass is 271 g/mol. The quantitative estimate of drug-likeness (QED) is 0.876. The summed E-state index contributed by atoms with van der Waals surface area (Å²) in [7, 11) is -3.47. The number of nitrogens with two attached hydrogens (primary N) is 1. The molecule has 0 radical (unpaired) electrons. The number of hydrogen-bond donors (Lipinski definition) is 1. The fourth-order valence-corrected chi connectivity index (χ4v) is 4.50. The van der Waals surface area contributed by atoms with E-state index in [0.717, 1.165) is 24.2 Å². The van der Waals surface area contributed by atoms with Crippen molar-refractivity contribution in [3.63, 3.8) is 0 Å². The predicted molar refractivity (Wildman–Crippen MR) is 65.9 cm³/mol. The second kappa shape index (κ2) is 4.64. The van der Waals surface area contributed by atoms with Gasteiger partial charge in [0.25, 0.3) is 10.0 Å². The Balaban J connectivity index is 2.25. The van der Waals surface area contributed by atoms with E-state index in [2.05, 4.69) is 0 Å². The average Bonchev–Trinajstić information content (AvgIpc) is 3.00. The van der Waals surface area contributed by atoms with Gasteiger partial charge >= 0.3 is 0 Å². The maximum Gasteiger partial charge on any atom is 0.252 e. The molecule has 1 aliphatic carbocycles. The van der Waals surface area contributed by atoms with Gasteiger partial charge in [-0.3, -0.25) is 0 Å². The number of thiophene rings is 1. The van der Waals surface area contributed by atoms with Crippen LogP contribution in [0.15, 0.2) is 15.7 Å². The number of anilines is 1. The van der Waals surface area contributed by atoms with E-state index < -0.39 is 10.0 Å². The highest BCUT2D eigenvalue weighted by molar-refractivity contribution is 7.91. The van der Waals surface area contributed by atoms with Crippen molar-refractivity contribution < 1.29 is 8.42 Å². The lowest BCUT2D eigenvalue weighted by Gasteiger charge is -2.19. The predicted octanol–water partition coefficient (Wildman–Crippen LogP) is 1.40. The lowest BCUT2D eigenvalue weighted by molar-refractivity contribution is 0.412. The summed E-state index contributed by atoms with van der Waals surface area (Å²) in [5.74, 6) is 0. The number of rotatable bonds is 5. The molecule has 2 N–H and O–H groups in total. The van der Waals surface area contributed by atoms with E-state index in [0.29, 0.717) is 5.69 Å². The van der Waals surface area contributed by atoms with E-state index in [1.54, 1.807) is 5.38 Å². The molecule has 1 aromatic heterocycles.